The lowest BCUT2D eigenvalue weighted by molar-refractivity contribution is -0.123. The van der Waals surface area contributed by atoms with Gasteiger partial charge in [-0.25, -0.2) is 0 Å². The zero-order valence-electron chi connectivity index (χ0n) is 30.8. The van der Waals surface area contributed by atoms with E-state index in [0.717, 1.165) is 44.9 Å². The van der Waals surface area contributed by atoms with E-state index in [1.807, 2.05) is 6.08 Å². The van der Waals surface area contributed by atoms with Gasteiger partial charge >= 0.3 is 0 Å². The first-order valence-electron chi connectivity index (χ1n) is 20.2. The van der Waals surface area contributed by atoms with Crippen LogP contribution in [0.15, 0.2) is 36.5 Å². The molecule has 0 aliphatic carbocycles. The Morgan fingerprint density at radius 2 is 0.891 bits per heavy atom. The molecule has 0 saturated heterocycles. The molecule has 2 atom stereocenters. The van der Waals surface area contributed by atoms with Gasteiger partial charge in [0.05, 0.1) is 18.8 Å². The summed E-state index contributed by atoms with van der Waals surface area (Å²) in [6.45, 7) is 4.23. The molecule has 0 radical (unpaired) electrons. The number of aliphatic hydroxyl groups excluding tert-OH is 2. The molecule has 0 fully saturated rings. The number of amides is 1. The molecule has 0 aromatic carbocycles. The highest BCUT2D eigenvalue weighted by atomic mass is 16.3. The molecule has 0 aromatic heterocycles. The zero-order valence-corrected chi connectivity index (χ0v) is 30.8. The number of unbranched alkanes of at least 4 members (excludes halogenated alkanes) is 25. The van der Waals surface area contributed by atoms with E-state index in [0.29, 0.717) is 6.42 Å². The normalized spacial score (nSPS) is 13.4. The first-order valence-corrected chi connectivity index (χ1v) is 20.2. The molecule has 270 valence electrons. The summed E-state index contributed by atoms with van der Waals surface area (Å²) >= 11 is 0. The summed E-state index contributed by atoms with van der Waals surface area (Å²) in [4.78, 5) is 12.3. The Kier molecular flexibility index (Phi) is 36.9. The average Bonchev–Trinajstić information content (AvgIpc) is 3.06. The molecule has 4 nitrogen and oxygen atoms in total. The number of aliphatic hydroxyl groups is 2. The van der Waals surface area contributed by atoms with Gasteiger partial charge in [0.2, 0.25) is 5.91 Å². The molecule has 0 spiro atoms. The Balaban J connectivity index is 3.57. The minimum absolute atomic E-state index is 0.0866. The van der Waals surface area contributed by atoms with Crippen molar-refractivity contribution >= 4 is 5.91 Å². The number of rotatable bonds is 36. The Labute approximate surface area is 287 Å². The molecule has 0 heterocycles. The van der Waals surface area contributed by atoms with Crippen LogP contribution in [-0.4, -0.2) is 34.9 Å². The lowest BCUT2D eigenvalue weighted by Crippen LogP contribution is -2.45. The van der Waals surface area contributed by atoms with E-state index in [4.69, 9.17) is 0 Å². The fourth-order valence-corrected chi connectivity index (χ4v) is 5.96. The van der Waals surface area contributed by atoms with E-state index >= 15 is 0 Å². The van der Waals surface area contributed by atoms with Gasteiger partial charge in [-0.05, 0) is 51.4 Å². The van der Waals surface area contributed by atoms with E-state index in [1.54, 1.807) is 6.08 Å². The van der Waals surface area contributed by atoms with E-state index in [2.05, 4.69) is 43.5 Å². The lowest BCUT2D eigenvalue weighted by atomic mass is 10.0. The molecule has 4 heteroatoms. The number of nitrogens with one attached hydrogen (secondary N) is 1. The largest absolute Gasteiger partial charge is 0.394 e. The summed E-state index contributed by atoms with van der Waals surface area (Å²) < 4.78 is 0. The molecule has 0 aromatic rings. The Morgan fingerprint density at radius 3 is 1.35 bits per heavy atom. The molecule has 3 N–H and O–H groups in total. The van der Waals surface area contributed by atoms with Gasteiger partial charge in [0.1, 0.15) is 0 Å². The van der Waals surface area contributed by atoms with Gasteiger partial charge in [0.25, 0.3) is 0 Å². The van der Waals surface area contributed by atoms with Crippen molar-refractivity contribution in [2.75, 3.05) is 6.61 Å². The molecular formula is C42H79NO3. The number of carbonyl (C=O) groups is 1. The van der Waals surface area contributed by atoms with Gasteiger partial charge in [0, 0.05) is 6.42 Å². The summed E-state index contributed by atoms with van der Waals surface area (Å²) in [5.74, 6) is -0.0866. The van der Waals surface area contributed by atoms with Crippen LogP contribution in [0.5, 0.6) is 0 Å². The van der Waals surface area contributed by atoms with Gasteiger partial charge in [0.15, 0.2) is 0 Å². The van der Waals surface area contributed by atoms with Crippen LogP contribution >= 0.6 is 0 Å². The van der Waals surface area contributed by atoms with Gasteiger partial charge < -0.3 is 15.5 Å². The fourth-order valence-electron chi connectivity index (χ4n) is 5.96. The molecular weight excluding hydrogens is 566 g/mol. The Hall–Kier alpha value is -1.39. The second-order valence-electron chi connectivity index (χ2n) is 13.7. The van der Waals surface area contributed by atoms with Crippen molar-refractivity contribution in [2.45, 2.75) is 219 Å². The van der Waals surface area contributed by atoms with E-state index in [-0.39, 0.29) is 12.5 Å². The zero-order chi connectivity index (χ0) is 33.6. The fraction of sp³-hybridized carbons (Fsp3) is 0.833. The molecule has 0 aliphatic rings. The second kappa shape index (κ2) is 38.1. The summed E-state index contributed by atoms with van der Waals surface area (Å²) in [6, 6.07) is -0.640. The van der Waals surface area contributed by atoms with Crippen LogP contribution in [-0.2, 0) is 4.79 Å². The topological polar surface area (TPSA) is 69.6 Å². The molecule has 46 heavy (non-hydrogen) atoms. The maximum atomic E-state index is 12.3. The maximum Gasteiger partial charge on any atom is 0.220 e. The molecule has 2 unspecified atom stereocenters. The van der Waals surface area contributed by atoms with Crippen molar-refractivity contribution in [1.29, 1.82) is 0 Å². The van der Waals surface area contributed by atoms with Gasteiger partial charge in [-0.2, -0.15) is 0 Å². The summed E-state index contributed by atoms with van der Waals surface area (Å²) in [5.41, 5.74) is 0. The van der Waals surface area contributed by atoms with Crippen LogP contribution in [0.2, 0.25) is 0 Å². The van der Waals surface area contributed by atoms with Crippen LogP contribution in [0, 0.1) is 0 Å². The van der Waals surface area contributed by atoms with Crippen LogP contribution in [0.1, 0.15) is 206 Å². The van der Waals surface area contributed by atoms with Crippen molar-refractivity contribution in [1.82, 2.24) is 5.32 Å². The highest BCUT2D eigenvalue weighted by molar-refractivity contribution is 5.76. The maximum absolute atomic E-state index is 12.3. The summed E-state index contributed by atoms with van der Waals surface area (Å²) in [7, 11) is 0. The predicted molar refractivity (Wildman–Crippen MR) is 202 cm³/mol. The van der Waals surface area contributed by atoms with Gasteiger partial charge in [-0.3, -0.25) is 4.79 Å². The SMILES string of the molecule is CCC/C=C\CCCCCCCC(=O)NC(CO)C(O)/C=C/CC/C=C/CCCCCCCCCCCCCCCCCCCC. The second-order valence-corrected chi connectivity index (χ2v) is 13.7. The smallest absolute Gasteiger partial charge is 0.220 e. The van der Waals surface area contributed by atoms with E-state index < -0.39 is 12.1 Å². The van der Waals surface area contributed by atoms with E-state index in [1.165, 1.54) is 141 Å². The minimum atomic E-state index is -0.863. The van der Waals surface area contributed by atoms with Crippen LogP contribution in [0.25, 0.3) is 0 Å². The Morgan fingerprint density at radius 1 is 0.500 bits per heavy atom. The lowest BCUT2D eigenvalue weighted by Gasteiger charge is -2.19. The molecule has 0 saturated carbocycles. The first kappa shape index (κ1) is 44.6. The van der Waals surface area contributed by atoms with Crippen molar-refractivity contribution < 1.29 is 15.0 Å². The number of carbonyl (C=O) groups excluding carboxylic acids is 1. The van der Waals surface area contributed by atoms with Crippen LogP contribution < -0.4 is 5.32 Å². The third kappa shape index (κ3) is 34.0. The first-order chi connectivity index (χ1) is 22.7. The van der Waals surface area contributed by atoms with E-state index in [9.17, 15) is 15.0 Å². The Bertz CT molecular complexity index is 701. The summed E-state index contributed by atoms with van der Waals surface area (Å²) in [5, 5.41) is 22.9. The minimum Gasteiger partial charge on any atom is -0.394 e. The third-order valence-corrected chi connectivity index (χ3v) is 9.08. The van der Waals surface area contributed by atoms with Gasteiger partial charge in [-0.1, -0.05) is 185 Å². The number of hydrogen-bond donors (Lipinski definition) is 3. The van der Waals surface area contributed by atoms with Crippen LogP contribution in [0.3, 0.4) is 0 Å². The highest BCUT2D eigenvalue weighted by Gasteiger charge is 2.17. The monoisotopic (exact) mass is 646 g/mol. The van der Waals surface area contributed by atoms with Crippen molar-refractivity contribution in [3.05, 3.63) is 36.5 Å². The predicted octanol–water partition coefficient (Wildman–Crippen LogP) is 12.2. The average molecular weight is 646 g/mol. The number of allylic oxidation sites excluding steroid dienone is 5. The molecule has 1 amide bonds. The highest BCUT2D eigenvalue weighted by Crippen LogP contribution is 2.15. The van der Waals surface area contributed by atoms with Crippen LogP contribution in [0.4, 0.5) is 0 Å². The molecule has 0 aliphatic heterocycles. The molecule has 0 bridgehead atoms. The van der Waals surface area contributed by atoms with Crippen molar-refractivity contribution in [2.24, 2.45) is 0 Å². The summed E-state index contributed by atoms with van der Waals surface area (Å²) in [6.07, 6.45) is 49.7. The quantitative estimate of drug-likeness (QED) is 0.0469. The van der Waals surface area contributed by atoms with Crippen molar-refractivity contribution in [3.8, 4) is 0 Å². The van der Waals surface area contributed by atoms with Crippen molar-refractivity contribution in [3.63, 3.8) is 0 Å². The number of hydrogen-bond acceptors (Lipinski definition) is 3. The molecule has 0 rings (SSSR count). The third-order valence-electron chi connectivity index (χ3n) is 9.08. The standard InChI is InChI=1S/C42H79NO3/c1-3-5-7-9-11-13-15-16-17-18-19-20-21-22-23-24-25-26-27-28-29-31-33-35-37-41(45)40(39-44)43-42(46)38-36-34-32-30-14-12-10-8-6-4-2/h8,10,28-29,35,37,40-41,44-45H,3-7,9,11-27,30-34,36,38-39H2,1-2H3,(H,43,46)/b10-8-,29-28+,37-35+. The van der Waals surface area contributed by atoms with Gasteiger partial charge in [-0.15, -0.1) is 0 Å².